The Bertz CT molecular complexity index is 1200. The standard InChI is InChI=1S/C20H18ClN5O5/c1-30-17-8-13(4-7-16(17)31-11-12-2-5-14(21)6-3-12)10-22-25-18(27)9-15-19(28)23-20(29)26-24-15/h2-8,10H,9,11H2,1H3,(H,25,27)(H2,23,26,28,29)/b22-10-. The van der Waals surface area contributed by atoms with Crippen LogP contribution >= 0.6 is 11.6 Å². The van der Waals surface area contributed by atoms with Crippen molar-refractivity contribution in [2.24, 2.45) is 5.10 Å². The van der Waals surface area contributed by atoms with E-state index in [-0.39, 0.29) is 12.1 Å². The molecule has 2 aromatic carbocycles. The summed E-state index contributed by atoms with van der Waals surface area (Å²) >= 11 is 5.88. The van der Waals surface area contributed by atoms with Gasteiger partial charge in [-0.3, -0.25) is 14.6 Å². The minimum absolute atomic E-state index is 0.129. The van der Waals surface area contributed by atoms with Gasteiger partial charge in [0.2, 0.25) is 5.91 Å². The molecule has 0 aliphatic rings. The molecular weight excluding hydrogens is 426 g/mol. The number of rotatable bonds is 8. The number of amides is 1. The van der Waals surface area contributed by atoms with Crippen LogP contribution < -0.4 is 26.1 Å². The third kappa shape index (κ3) is 6.28. The van der Waals surface area contributed by atoms with E-state index in [2.05, 4.69) is 20.7 Å². The molecule has 10 nitrogen and oxygen atoms in total. The van der Waals surface area contributed by atoms with Gasteiger partial charge >= 0.3 is 5.69 Å². The molecule has 0 radical (unpaired) electrons. The van der Waals surface area contributed by atoms with Crippen LogP contribution in [0.4, 0.5) is 0 Å². The Balaban J connectivity index is 1.58. The number of hydrogen-bond donors (Lipinski definition) is 3. The maximum atomic E-state index is 11.9. The number of hydrogen-bond acceptors (Lipinski definition) is 7. The molecule has 31 heavy (non-hydrogen) atoms. The summed E-state index contributed by atoms with van der Waals surface area (Å²) in [5.41, 5.74) is 2.28. The van der Waals surface area contributed by atoms with Crippen LogP contribution in [0.25, 0.3) is 0 Å². The number of nitrogens with zero attached hydrogens (tertiary/aromatic N) is 2. The number of hydrazone groups is 1. The van der Waals surface area contributed by atoms with Crippen molar-refractivity contribution in [2.75, 3.05) is 7.11 Å². The highest BCUT2D eigenvalue weighted by molar-refractivity contribution is 6.30. The summed E-state index contributed by atoms with van der Waals surface area (Å²) in [7, 11) is 1.52. The van der Waals surface area contributed by atoms with Crippen LogP contribution in [0.2, 0.25) is 5.02 Å². The maximum absolute atomic E-state index is 11.9. The first-order valence-electron chi connectivity index (χ1n) is 8.99. The first-order chi connectivity index (χ1) is 14.9. The summed E-state index contributed by atoms with van der Waals surface area (Å²) in [5.74, 6) is 0.464. The van der Waals surface area contributed by atoms with E-state index in [1.807, 2.05) is 17.1 Å². The largest absolute Gasteiger partial charge is 0.493 e. The Hall–Kier alpha value is -3.92. The summed E-state index contributed by atoms with van der Waals surface area (Å²) in [4.78, 5) is 36.4. The number of benzene rings is 2. The summed E-state index contributed by atoms with van der Waals surface area (Å²) in [6, 6.07) is 12.5. The topological polar surface area (TPSA) is 139 Å². The van der Waals surface area contributed by atoms with Crippen molar-refractivity contribution >= 4 is 23.7 Å². The monoisotopic (exact) mass is 443 g/mol. The van der Waals surface area contributed by atoms with E-state index < -0.39 is 17.2 Å². The molecule has 0 spiro atoms. The molecule has 0 aliphatic heterocycles. The summed E-state index contributed by atoms with van der Waals surface area (Å²) in [6.45, 7) is 0.342. The number of halogens is 1. The van der Waals surface area contributed by atoms with Crippen molar-refractivity contribution in [2.45, 2.75) is 13.0 Å². The zero-order valence-electron chi connectivity index (χ0n) is 16.3. The molecule has 0 saturated carbocycles. The van der Waals surface area contributed by atoms with Crippen molar-refractivity contribution in [1.82, 2.24) is 20.6 Å². The predicted molar refractivity (Wildman–Crippen MR) is 114 cm³/mol. The van der Waals surface area contributed by atoms with Gasteiger partial charge in [-0.05, 0) is 41.5 Å². The fraction of sp³-hybridized carbons (Fsp3) is 0.150. The van der Waals surface area contributed by atoms with Crippen LogP contribution in [-0.4, -0.2) is 34.4 Å². The van der Waals surface area contributed by atoms with Crippen LogP contribution in [0.1, 0.15) is 16.8 Å². The third-order valence-electron chi connectivity index (χ3n) is 4.01. The van der Waals surface area contributed by atoms with Crippen molar-refractivity contribution in [3.8, 4) is 11.5 Å². The van der Waals surface area contributed by atoms with Crippen molar-refractivity contribution in [3.63, 3.8) is 0 Å². The van der Waals surface area contributed by atoms with Gasteiger partial charge in [0.1, 0.15) is 12.3 Å². The molecule has 1 aromatic heterocycles. The van der Waals surface area contributed by atoms with Crippen molar-refractivity contribution < 1.29 is 14.3 Å². The molecule has 0 aliphatic carbocycles. The van der Waals surface area contributed by atoms with Gasteiger partial charge in [-0.15, -0.1) is 0 Å². The molecule has 160 valence electrons. The Morgan fingerprint density at radius 1 is 1.19 bits per heavy atom. The van der Waals surface area contributed by atoms with E-state index in [0.717, 1.165) is 5.56 Å². The highest BCUT2D eigenvalue weighted by Crippen LogP contribution is 2.28. The van der Waals surface area contributed by atoms with Gasteiger partial charge in [-0.25, -0.2) is 15.3 Å². The molecular formula is C20H18ClN5O5. The number of nitrogens with one attached hydrogen (secondary N) is 3. The average Bonchev–Trinajstić information content (AvgIpc) is 2.75. The smallest absolute Gasteiger partial charge is 0.342 e. The van der Waals surface area contributed by atoms with Gasteiger partial charge in [0.05, 0.1) is 19.7 Å². The lowest BCUT2D eigenvalue weighted by molar-refractivity contribution is -0.120. The molecule has 3 N–H and O–H groups in total. The molecule has 0 bridgehead atoms. The average molecular weight is 444 g/mol. The molecule has 11 heteroatoms. The lowest BCUT2D eigenvalue weighted by atomic mass is 10.2. The first-order valence-corrected chi connectivity index (χ1v) is 9.37. The molecule has 0 fully saturated rings. The Morgan fingerprint density at radius 2 is 1.97 bits per heavy atom. The van der Waals surface area contributed by atoms with E-state index in [9.17, 15) is 14.4 Å². The number of aromatic nitrogens is 3. The highest BCUT2D eigenvalue weighted by atomic mass is 35.5. The summed E-state index contributed by atoms with van der Waals surface area (Å²) in [6.07, 6.45) is 1.07. The fourth-order valence-corrected chi connectivity index (χ4v) is 2.61. The van der Waals surface area contributed by atoms with Gasteiger partial charge in [-0.2, -0.15) is 10.2 Å². The van der Waals surface area contributed by atoms with Gasteiger partial charge in [0, 0.05) is 5.02 Å². The first kappa shape index (κ1) is 21.8. The van der Waals surface area contributed by atoms with Crippen LogP contribution in [0.5, 0.6) is 11.5 Å². The molecule has 3 rings (SSSR count). The SMILES string of the molecule is COc1cc(/C=N\NC(=O)Cc2n[nH]c(=O)[nH]c2=O)ccc1OCc1ccc(Cl)cc1. The molecule has 0 saturated heterocycles. The summed E-state index contributed by atoms with van der Waals surface area (Å²) < 4.78 is 11.1. The van der Waals surface area contributed by atoms with Crippen molar-refractivity contribution in [3.05, 3.63) is 85.1 Å². The summed E-state index contributed by atoms with van der Waals surface area (Å²) in [5, 5.41) is 10.1. The fourth-order valence-electron chi connectivity index (χ4n) is 2.49. The highest BCUT2D eigenvalue weighted by Gasteiger charge is 2.09. The zero-order valence-corrected chi connectivity index (χ0v) is 17.1. The second-order valence-electron chi connectivity index (χ2n) is 6.25. The van der Waals surface area contributed by atoms with Crippen LogP contribution in [0.15, 0.2) is 57.2 Å². The molecule has 0 unspecified atom stereocenters. The normalized spacial score (nSPS) is 10.8. The van der Waals surface area contributed by atoms with Gasteiger partial charge in [0.15, 0.2) is 11.5 Å². The number of carbonyl (C=O) groups is 1. The second-order valence-corrected chi connectivity index (χ2v) is 6.69. The Kier molecular flexibility index (Phi) is 7.17. The van der Waals surface area contributed by atoms with Crippen molar-refractivity contribution in [1.29, 1.82) is 0 Å². The molecule has 3 aromatic rings. The van der Waals surface area contributed by atoms with Gasteiger partial charge in [-0.1, -0.05) is 23.7 Å². The lowest BCUT2D eigenvalue weighted by Crippen LogP contribution is -2.31. The molecule has 1 amide bonds. The quantitative estimate of drug-likeness (QED) is 0.355. The van der Waals surface area contributed by atoms with E-state index >= 15 is 0 Å². The van der Waals surface area contributed by atoms with E-state index in [0.29, 0.717) is 28.7 Å². The Morgan fingerprint density at radius 3 is 2.68 bits per heavy atom. The molecule has 0 atom stereocenters. The number of methoxy groups -OCH3 is 1. The van der Waals surface area contributed by atoms with Gasteiger partial charge < -0.3 is 9.47 Å². The number of H-pyrrole nitrogens is 2. The van der Waals surface area contributed by atoms with Gasteiger partial charge in [0.25, 0.3) is 5.56 Å². The predicted octanol–water partition coefficient (Wildman–Crippen LogP) is 1.39. The van der Waals surface area contributed by atoms with Crippen LogP contribution in [0.3, 0.4) is 0 Å². The lowest BCUT2D eigenvalue weighted by Gasteiger charge is -2.11. The number of carbonyl (C=O) groups excluding carboxylic acids is 1. The number of ether oxygens (including phenoxy) is 2. The second kappa shape index (κ2) is 10.2. The van der Waals surface area contributed by atoms with E-state index in [1.54, 1.807) is 30.3 Å². The van der Waals surface area contributed by atoms with Crippen LogP contribution in [-0.2, 0) is 17.8 Å². The van der Waals surface area contributed by atoms with E-state index in [4.69, 9.17) is 21.1 Å². The van der Waals surface area contributed by atoms with Crippen LogP contribution in [0, 0.1) is 0 Å². The number of aromatic amines is 2. The minimum atomic E-state index is -0.748. The Labute approximate surface area is 180 Å². The molecule has 1 heterocycles. The minimum Gasteiger partial charge on any atom is -0.493 e. The van der Waals surface area contributed by atoms with E-state index in [1.165, 1.54) is 13.3 Å². The third-order valence-corrected chi connectivity index (χ3v) is 4.26. The zero-order chi connectivity index (χ0) is 22.2. The maximum Gasteiger partial charge on any atom is 0.342 e.